The third-order valence-corrected chi connectivity index (χ3v) is 11.7. The second-order valence-corrected chi connectivity index (χ2v) is 17.3. The Kier molecular flexibility index (Phi) is 18.0. The van der Waals surface area contributed by atoms with E-state index in [4.69, 9.17) is 48.6 Å². The molecule has 6 aromatic carbocycles. The Morgan fingerprint density at radius 1 is 0.565 bits per heavy atom. The number of aromatic carboxylic acids is 1. The summed E-state index contributed by atoms with van der Waals surface area (Å²) < 4.78 is 51.2. The number of carboxylic acids is 1. The number of methoxy groups -OCH3 is 1. The van der Waals surface area contributed by atoms with E-state index in [1.807, 2.05) is 0 Å². The number of benzene rings is 6. The van der Waals surface area contributed by atoms with E-state index in [-0.39, 0.29) is 55.5 Å². The third kappa shape index (κ3) is 13.7. The van der Waals surface area contributed by atoms with Crippen molar-refractivity contribution in [2.24, 2.45) is 10.3 Å². The van der Waals surface area contributed by atoms with Crippen molar-refractivity contribution in [1.82, 2.24) is 0 Å². The van der Waals surface area contributed by atoms with E-state index >= 15 is 0 Å². The second-order valence-electron chi connectivity index (χ2n) is 12.5. The molecule has 0 aliphatic heterocycles. The van der Waals surface area contributed by atoms with Crippen LogP contribution in [0.25, 0.3) is 11.1 Å². The van der Waals surface area contributed by atoms with E-state index in [2.05, 4.69) is 20.7 Å². The number of nitrogens with two attached hydrogens (primary N) is 2. The van der Waals surface area contributed by atoms with Gasteiger partial charge in [0.1, 0.15) is 9.79 Å². The van der Waals surface area contributed by atoms with Crippen LogP contribution in [0.2, 0.25) is 10.0 Å². The summed E-state index contributed by atoms with van der Waals surface area (Å²) in [6.45, 7) is 0. The van der Waals surface area contributed by atoms with Gasteiger partial charge < -0.3 is 19.9 Å². The summed E-state index contributed by atoms with van der Waals surface area (Å²) in [5, 5.41) is 36.6. The van der Waals surface area contributed by atoms with Gasteiger partial charge >= 0.3 is 19.1 Å². The molecule has 0 heterocycles. The maximum absolute atomic E-state index is 12.7. The minimum atomic E-state index is -4.05. The van der Waals surface area contributed by atoms with Crippen LogP contribution in [0.1, 0.15) is 60.0 Å². The van der Waals surface area contributed by atoms with Gasteiger partial charge in [-0.25, -0.2) is 36.7 Å². The molecular formula is C42H36BBrCl2N2O12S2. The van der Waals surface area contributed by atoms with Gasteiger partial charge in [-0.2, -0.15) is 0 Å². The number of hydrogen-bond acceptors (Lipinski definition) is 11. The van der Waals surface area contributed by atoms with Crippen LogP contribution in [0.5, 0.6) is 0 Å². The molecule has 0 saturated carbocycles. The maximum Gasteiger partial charge on any atom is 0.488 e. The number of esters is 1. The Balaban J connectivity index is 0.000000264. The van der Waals surface area contributed by atoms with E-state index in [0.29, 0.717) is 22.2 Å². The lowest BCUT2D eigenvalue weighted by molar-refractivity contribution is 0.0599. The van der Waals surface area contributed by atoms with Crippen molar-refractivity contribution in [2.75, 3.05) is 7.11 Å². The minimum Gasteiger partial charge on any atom is -0.478 e. The number of primary sulfonamides is 2. The average Bonchev–Trinajstić information content (AvgIpc) is 3.23. The zero-order valence-corrected chi connectivity index (χ0v) is 36.1. The molecule has 322 valence electrons. The van der Waals surface area contributed by atoms with Gasteiger partial charge in [0.15, 0.2) is 11.6 Å². The van der Waals surface area contributed by atoms with Gasteiger partial charge in [-0.1, -0.05) is 95.1 Å². The van der Waals surface area contributed by atoms with Crippen LogP contribution in [-0.2, 0) is 24.8 Å². The maximum atomic E-state index is 12.7. The van der Waals surface area contributed by atoms with E-state index in [1.54, 1.807) is 60.7 Å². The Bertz CT molecular complexity index is 2810. The van der Waals surface area contributed by atoms with Crippen molar-refractivity contribution >= 4 is 95.3 Å². The topological polar surface area (TPSA) is 259 Å². The van der Waals surface area contributed by atoms with Gasteiger partial charge in [0.25, 0.3) is 0 Å². The number of ketones is 2. The van der Waals surface area contributed by atoms with Crippen molar-refractivity contribution in [1.29, 1.82) is 0 Å². The smallest absolute Gasteiger partial charge is 0.478 e. The van der Waals surface area contributed by atoms with Gasteiger partial charge in [-0.15, -0.1) is 0 Å². The van der Waals surface area contributed by atoms with Gasteiger partial charge in [0.05, 0.1) is 28.3 Å². The fourth-order valence-corrected chi connectivity index (χ4v) is 7.60. The summed E-state index contributed by atoms with van der Waals surface area (Å²) in [5.41, 5.74) is 3.66. The molecule has 6 aromatic rings. The van der Waals surface area contributed by atoms with E-state index in [1.165, 1.54) is 73.8 Å². The quantitative estimate of drug-likeness (QED) is 0.0571. The van der Waals surface area contributed by atoms with Crippen LogP contribution in [0.3, 0.4) is 0 Å². The van der Waals surface area contributed by atoms with Crippen molar-refractivity contribution in [3.8, 4) is 11.1 Å². The highest BCUT2D eigenvalue weighted by molar-refractivity contribution is 9.10. The van der Waals surface area contributed by atoms with Gasteiger partial charge in [0.2, 0.25) is 20.0 Å². The number of sulfonamides is 2. The number of carbonyl (C=O) groups excluding carboxylic acids is 3. The SMILES string of the molecule is C.COC(=O)c1ccc(B(O)O)cc1.NS(=O)(=O)c1cc(C(=O)c2ccc(-c3ccc(C(=O)O)cc3)cc2)ccc1Cl.NS(=O)(=O)c1cc(C(=O)c2ccc(Br)cc2)ccc1Cl. The predicted octanol–water partition coefficient (Wildman–Crippen LogP) is 6.35. The fraction of sp³-hybridized carbons (Fsp3) is 0.0476. The highest BCUT2D eigenvalue weighted by Crippen LogP contribution is 2.26. The first-order valence-electron chi connectivity index (χ1n) is 17.1. The number of carbonyl (C=O) groups is 4. The summed E-state index contributed by atoms with van der Waals surface area (Å²) in [6.07, 6.45) is 0. The van der Waals surface area contributed by atoms with Crippen LogP contribution in [-0.4, -0.2) is 69.7 Å². The molecular weight excluding hydrogens is 950 g/mol. The monoisotopic (exact) mass is 984 g/mol. The highest BCUT2D eigenvalue weighted by Gasteiger charge is 2.19. The van der Waals surface area contributed by atoms with E-state index in [0.717, 1.165) is 21.7 Å². The molecule has 20 heteroatoms. The Morgan fingerprint density at radius 3 is 1.24 bits per heavy atom. The number of rotatable bonds is 10. The molecule has 0 spiro atoms. The van der Waals surface area contributed by atoms with Crippen LogP contribution < -0.4 is 15.7 Å². The number of carboxylic acid groups (broad SMARTS) is 1. The molecule has 0 aliphatic carbocycles. The lowest BCUT2D eigenvalue weighted by atomic mass is 9.80. The Labute approximate surface area is 376 Å². The minimum absolute atomic E-state index is 0. The molecule has 0 saturated heterocycles. The molecule has 0 fully saturated rings. The Hall–Kier alpha value is -5.54. The van der Waals surface area contributed by atoms with E-state index < -0.39 is 39.1 Å². The largest absolute Gasteiger partial charge is 0.488 e. The Morgan fingerprint density at radius 2 is 0.903 bits per heavy atom. The standard InChI is InChI=1S/C20H14ClNO5S.C13H9BrClNO3S.C8H9BO4.CH4/c21-17-10-9-16(11-18(17)28(22,26)27)19(23)14-5-1-12(2-6-14)13-3-7-15(8-4-13)20(24)25;14-10-4-1-8(2-5-10)13(17)9-3-6-11(15)12(7-9)20(16,18)19;1-13-8(10)6-2-4-7(5-3-6)9(11)12;/h1-11H,(H,24,25)(H2,22,26,27);1-7H,(H2,16,18,19);2-5,11-12H,1H3;1H4. The average molecular weight is 987 g/mol. The molecule has 0 atom stereocenters. The molecule has 0 bridgehead atoms. The van der Waals surface area contributed by atoms with Crippen molar-refractivity contribution in [3.05, 3.63) is 181 Å². The molecule has 62 heavy (non-hydrogen) atoms. The summed E-state index contributed by atoms with van der Waals surface area (Å²) >= 11 is 14.9. The van der Waals surface area contributed by atoms with Gasteiger partial charge in [0, 0.05) is 26.7 Å². The molecule has 0 aromatic heterocycles. The molecule has 6 rings (SSSR count). The molecule has 0 aliphatic rings. The van der Waals surface area contributed by atoms with Crippen LogP contribution in [0.4, 0.5) is 0 Å². The zero-order valence-electron chi connectivity index (χ0n) is 31.4. The van der Waals surface area contributed by atoms with Gasteiger partial charge in [-0.05, 0) is 102 Å². The molecule has 14 nitrogen and oxygen atoms in total. The highest BCUT2D eigenvalue weighted by atomic mass is 79.9. The molecule has 0 amide bonds. The molecule has 7 N–H and O–H groups in total. The zero-order chi connectivity index (χ0) is 45.2. The van der Waals surface area contributed by atoms with Crippen molar-refractivity contribution < 1.29 is 55.9 Å². The van der Waals surface area contributed by atoms with Crippen molar-refractivity contribution in [3.63, 3.8) is 0 Å². The molecule has 0 unspecified atom stereocenters. The second kappa shape index (κ2) is 22.0. The van der Waals surface area contributed by atoms with Gasteiger partial charge in [-0.3, -0.25) is 9.59 Å². The predicted molar refractivity (Wildman–Crippen MR) is 240 cm³/mol. The number of halogens is 3. The van der Waals surface area contributed by atoms with Crippen LogP contribution >= 0.6 is 39.1 Å². The lowest BCUT2D eigenvalue weighted by Crippen LogP contribution is -2.29. The number of hydrogen-bond donors (Lipinski definition) is 5. The summed E-state index contributed by atoms with van der Waals surface area (Å²) in [5.74, 6) is -2.14. The third-order valence-electron chi connectivity index (χ3n) is 8.35. The van der Waals surface area contributed by atoms with E-state index in [9.17, 15) is 36.0 Å². The first kappa shape index (κ1) is 50.8. The van der Waals surface area contributed by atoms with Crippen LogP contribution in [0.15, 0.2) is 148 Å². The first-order valence-corrected chi connectivity index (χ1v) is 21.7. The molecule has 0 radical (unpaired) electrons. The number of ether oxygens (including phenoxy) is 1. The summed E-state index contributed by atoms with van der Waals surface area (Å²) in [6, 6.07) is 33.5. The summed E-state index contributed by atoms with van der Waals surface area (Å²) in [4.78, 5) is 46.2. The lowest BCUT2D eigenvalue weighted by Gasteiger charge is -2.07. The fourth-order valence-electron chi connectivity index (χ4n) is 5.19. The van der Waals surface area contributed by atoms with Crippen molar-refractivity contribution in [2.45, 2.75) is 17.2 Å². The van der Waals surface area contributed by atoms with Crippen LogP contribution in [0, 0.1) is 0 Å². The summed E-state index contributed by atoms with van der Waals surface area (Å²) in [7, 11) is -8.24. The normalized spacial score (nSPS) is 10.7. The first-order chi connectivity index (χ1) is 28.6.